The minimum absolute atomic E-state index is 0.188. The molecule has 2 heteroatoms. The van der Waals surface area contributed by atoms with Crippen LogP contribution >= 0.6 is 0 Å². The van der Waals surface area contributed by atoms with Gasteiger partial charge in [0, 0.05) is 12.3 Å². The number of furan rings is 1. The molecule has 0 aliphatic heterocycles. The first-order chi connectivity index (χ1) is 6.31. The Bertz CT molecular complexity index is 431. The van der Waals surface area contributed by atoms with Crippen LogP contribution < -0.4 is 0 Å². The molecule has 13 heavy (non-hydrogen) atoms. The monoisotopic (exact) mass is 171 g/mol. The van der Waals surface area contributed by atoms with E-state index >= 15 is 0 Å². The van der Waals surface area contributed by atoms with E-state index in [2.05, 4.69) is 4.85 Å². The third-order valence-electron chi connectivity index (χ3n) is 2.05. The lowest BCUT2D eigenvalue weighted by molar-refractivity contribution is 0.536. The number of para-hydroxylation sites is 1. The van der Waals surface area contributed by atoms with Crippen molar-refractivity contribution in [2.75, 3.05) is 0 Å². The summed E-state index contributed by atoms with van der Waals surface area (Å²) in [7, 11) is 0. The van der Waals surface area contributed by atoms with E-state index in [1.165, 1.54) is 0 Å². The Kier molecular flexibility index (Phi) is 1.79. The zero-order valence-electron chi connectivity index (χ0n) is 7.32. The van der Waals surface area contributed by atoms with Crippen molar-refractivity contribution in [3.8, 4) is 0 Å². The molecule has 2 nitrogen and oxygen atoms in total. The largest absolute Gasteiger partial charge is 0.453 e. The molecule has 0 aliphatic rings. The molecule has 64 valence electrons. The Morgan fingerprint density at radius 3 is 2.85 bits per heavy atom. The fraction of sp³-hybridized carbons (Fsp3) is 0.182. The number of hydrogen-bond acceptors (Lipinski definition) is 1. The summed E-state index contributed by atoms with van der Waals surface area (Å²) in [5.41, 5.74) is 0.855. The fourth-order valence-corrected chi connectivity index (χ4v) is 1.27. The third kappa shape index (κ3) is 1.29. The minimum atomic E-state index is -0.188. The van der Waals surface area contributed by atoms with Gasteiger partial charge >= 0.3 is 0 Å². The molecule has 0 saturated carbocycles. The highest BCUT2D eigenvalue weighted by atomic mass is 16.3. The van der Waals surface area contributed by atoms with Crippen molar-refractivity contribution in [2.45, 2.75) is 13.0 Å². The van der Waals surface area contributed by atoms with Gasteiger partial charge in [-0.1, -0.05) is 18.2 Å². The van der Waals surface area contributed by atoms with Crippen LogP contribution in [0.4, 0.5) is 0 Å². The van der Waals surface area contributed by atoms with E-state index in [0.29, 0.717) is 0 Å². The second-order valence-electron chi connectivity index (χ2n) is 2.99. The average Bonchev–Trinajstić information content (AvgIpc) is 2.59. The van der Waals surface area contributed by atoms with Gasteiger partial charge in [-0.25, -0.2) is 6.57 Å². The van der Waals surface area contributed by atoms with Gasteiger partial charge in [-0.15, -0.1) is 0 Å². The molecular formula is C11H9NO. The van der Waals surface area contributed by atoms with E-state index < -0.39 is 0 Å². The molecule has 1 atom stereocenters. The first kappa shape index (κ1) is 7.88. The van der Waals surface area contributed by atoms with Gasteiger partial charge in [-0.05, 0) is 12.1 Å². The van der Waals surface area contributed by atoms with Crippen LogP contribution in [0.3, 0.4) is 0 Å². The molecule has 0 amide bonds. The van der Waals surface area contributed by atoms with Crippen LogP contribution in [0.2, 0.25) is 0 Å². The van der Waals surface area contributed by atoms with Crippen molar-refractivity contribution in [2.24, 2.45) is 0 Å². The molecule has 0 radical (unpaired) electrons. The summed E-state index contributed by atoms with van der Waals surface area (Å²) in [6.07, 6.45) is 0. The molecular weight excluding hydrogens is 162 g/mol. The molecule has 0 aliphatic carbocycles. The van der Waals surface area contributed by atoms with Crippen LogP contribution in [0.1, 0.15) is 18.7 Å². The van der Waals surface area contributed by atoms with Crippen molar-refractivity contribution in [3.63, 3.8) is 0 Å². The van der Waals surface area contributed by atoms with Crippen LogP contribution in [0.15, 0.2) is 34.7 Å². The number of fused-ring (bicyclic) bond motifs is 1. The third-order valence-corrected chi connectivity index (χ3v) is 2.05. The van der Waals surface area contributed by atoms with Gasteiger partial charge < -0.3 is 9.26 Å². The highest BCUT2D eigenvalue weighted by Crippen LogP contribution is 2.25. The van der Waals surface area contributed by atoms with Gasteiger partial charge in [0.05, 0.1) is 0 Å². The zero-order chi connectivity index (χ0) is 9.26. The normalized spacial score (nSPS) is 12.6. The van der Waals surface area contributed by atoms with Gasteiger partial charge in [0.15, 0.2) is 5.76 Å². The quantitative estimate of drug-likeness (QED) is 0.601. The van der Waals surface area contributed by atoms with Crippen molar-refractivity contribution in [3.05, 3.63) is 47.5 Å². The second kappa shape index (κ2) is 2.95. The number of hydrogen-bond donors (Lipinski definition) is 0. The van der Waals surface area contributed by atoms with Crippen LogP contribution in [-0.2, 0) is 0 Å². The van der Waals surface area contributed by atoms with Gasteiger partial charge in [0.25, 0.3) is 6.04 Å². The first-order valence-electron chi connectivity index (χ1n) is 4.16. The maximum Gasteiger partial charge on any atom is 0.277 e. The van der Waals surface area contributed by atoms with Crippen LogP contribution in [0.25, 0.3) is 15.8 Å². The lowest BCUT2D eigenvalue weighted by Gasteiger charge is -1.90. The van der Waals surface area contributed by atoms with E-state index in [4.69, 9.17) is 11.0 Å². The Morgan fingerprint density at radius 2 is 2.15 bits per heavy atom. The minimum Gasteiger partial charge on any atom is -0.453 e. The van der Waals surface area contributed by atoms with Crippen molar-refractivity contribution >= 4 is 11.0 Å². The lowest BCUT2D eigenvalue weighted by Crippen LogP contribution is -1.79. The molecule has 1 aromatic heterocycles. The summed E-state index contributed by atoms with van der Waals surface area (Å²) in [5.74, 6) is 0.746. The molecule has 0 bridgehead atoms. The molecule has 0 fully saturated rings. The van der Waals surface area contributed by atoms with Gasteiger partial charge in [-0.3, -0.25) is 0 Å². The number of benzene rings is 1. The molecule has 2 aromatic rings. The van der Waals surface area contributed by atoms with Crippen LogP contribution in [-0.4, -0.2) is 0 Å². The van der Waals surface area contributed by atoms with Crippen LogP contribution in [0, 0.1) is 6.57 Å². The zero-order valence-corrected chi connectivity index (χ0v) is 7.32. The smallest absolute Gasteiger partial charge is 0.277 e. The topological polar surface area (TPSA) is 17.5 Å². The van der Waals surface area contributed by atoms with E-state index in [0.717, 1.165) is 16.7 Å². The van der Waals surface area contributed by atoms with Crippen LogP contribution in [0.5, 0.6) is 0 Å². The SMILES string of the molecule is [C-]#[N+]C(C)c1cc2ccccc2o1. The van der Waals surface area contributed by atoms with Gasteiger partial charge in [0.2, 0.25) is 0 Å². The Labute approximate surface area is 76.6 Å². The fourth-order valence-electron chi connectivity index (χ4n) is 1.27. The van der Waals surface area contributed by atoms with E-state index in [-0.39, 0.29) is 6.04 Å². The summed E-state index contributed by atoms with van der Waals surface area (Å²) in [6.45, 7) is 8.72. The standard InChI is InChI=1S/C11H9NO/c1-8(12-2)11-7-9-5-3-4-6-10(9)13-11/h3-8H,1H3. The summed E-state index contributed by atoms with van der Waals surface area (Å²) >= 11 is 0. The highest BCUT2D eigenvalue weighted by Gasteiger charge is 2.13. The summed E-state index contributed by atoms with van der Waals surface area (Å²) in [4.78, 5) is 3.41. The van der Waals surface area contributed by atoms with Crippen molar-refractivity contribution in [1.29, 1.82) is 0 Å². The predicted molar refractivity (Wildman–Crippen MR) is 51.2 cm³/mol. The van der Waals surface area contributed by atoms with E-state index in [9.17, 15) is 0 Å². The lowest BCUT2D eigenvalue weighted by atomic mass is 10.2. The van der Waals surface area contributed by atoms with E-state index in [1.54, 1.807) is 0 Å². The summed E-state index contributed by atoms with van der Waals surface area (Å²) < 4.78 is 5.51. The second-order valence-corrected chi connectivity index (χ2v) is 2.99. The molecule has 0 N–H and O–H groups in total. The number of rotatable bonds is 1. The Balaban J connectivity index is 2.57. The van der Waals surface area contributed by atoms with Gasteiger partial charge in [0.1, 0.15) is 5.58 Å². The average molecular weight is 171 g/mol. The molecule has 0 saturated heterocycles. The van der Waals surface area contributed by atoms with Crippen molar-refractivity contribution < 1.29 is 4.42 Å². The van der Waals surface area contributed by atoms with Crippen molar-refractivity contribution in [1.82, 2.24) is 0 Å². The maximum absolute atomic E-state index is 6.88. The van der Waals surface area contributed by atoms with Gasteiger partial charge in [-0.2, -0.15) is 0 Å². The summed E-state index contributed by atoms with van der Waals surface area (Å²) in [6, 6.07) is 9.53. The molecule has 1 aromatic carbocycles. The van der Waals surface area contributed by atoms with E-state index in [1.807, 2.05) is 37.3 Å². The number of nitrogens with zero attached hydrogens (tertiary/aromatic N) is 1. The molecule has 2 rings (SSSR count). The summed E-state index contributed by atoms with van der Waals surface area (Å²) in [5, 5.41) is 1.06. The first-order valence-corrected chi connectivity index (χ1v) is 4.16. The Morgan fingerprint density at radius 1 is 1.38 bits per heavy atom. The molecule has 1 heterocycles. The predicted octanol–water partition coefficient (Wildman–Crippen LogP) is 3.41. The molecule has 0 spiro atoms. The molecule has 1 unspecified atom stereocenters. The maximum atomic E-state index is 6.88. The highest BCUT2D eigenvalue weighted by molar-refractivity contribution is 5.77. The Hall–Kier alpha value is -1.75.